The molecular weight excluding hydrogens is 582 g/mol. The number of nitrogens with one attached hydrogen (secondary N) is 2. The smallest absolute Gasteiger partial charge is 0.408 e. The van der Waals surface area contributed by atoms with Crippen molar-refractivity contribution in [2.24, 2.45) is 7.05 Å². The van der Waals surface area contributed by atoms with E-state index in [1.54, 1.807) is 44.8 Å². The van der Waals surface area contributed by atoms with Gasteiger partial charge in [-0.2, -0.15) is 0 Å². The summed E-state index contributed by atoms with van der Waals surface area (Å²) in [5.74, 6) is -0.299. The van der Waals surface area contributed by atoms with Gasteiger partial charge in [-0.3, -0.25) is 14.5 Å². The average Bonchev–Trinajstić information content (AvgIpc) is 3.31. The monoisotopic (exact) mass is 618 g/mol. The van der Waals surface area contributed by atoms with Crippen molar-refractivity contribution < 1.29 is 33.3 Å². The van der Waals surface area contributed by atoms with Gasteiger partial charge in [-0.05, 0) is 31.9 Å². The van der Waals surface area contributed by atoms with Gasteiger partial charge in [-0.1, -0.05) is 60.7 Å². The molecule has 5 rings (SSSR count). The highest BCUT2D eigenvalue weighted by Crippen LogP contribution is 2.42. The molecule has 0 aliphatic carbocycles. The van der Waals surface area contributed by atoms with Gasteiger partial charge in [0.25, 0.3) is 5.91 Å². The Kier molecular flexibility index (Phi) is 8.82. The van der Waals surface area contributed by atoms with E-state index in [0.717, 1.165) is 11.1 Å². The number of carbonyl (C=O) groups is 4. The molecule has 2 aliphatic rings. The number of rotatable bonds is 8. The summed E-state index contributed by atoms with van der Waals surface area (Å²) in [5, 5.41) is 4.93. The second kappa shape index (κ2) is 12.6. The van der Waals surface area contributed by atoms with E-state index >= 15 is 0 Å². The van der Waals surface area contributed by atoms with Crippen LogP contribution in [0.2, 0.25) is 0 Å². The van der Waals surface area contributed by atoms with E-state index in [1.165, 1.54) is 23.6 Å². The topological polar surface area (TPSA) is 123 Å². The summed E-state index contributed by atoms with van der Waals surface area (Å²) >= 11 is 1.45. The molecule has 1 fully saturated rings. The van der Waals surface area contributed by atoms with Crippen LogP contribution >= 0.6 is 11.8 Å². The number of amides is 3. The fourth-order valence-electron chi connectivity index (χ4n) is 5.13. The summed E-state index contributed by atoms with van der Waals surface area (Å²) in [6.45, 7) is 6.92. The van der Waals surface area contributed by atoms with Gasteiger partial charge in [0.1, 0.15) is 22.7 Å². The van der Waals surface area contributed by atoms with Gasteiger partial charge in [0.15, 0.2) is 24.7 Å². The number of ether oxygens (including phenoxy) is 2. The maximum atomic E-state index is 14.2. The number of alkyl carbamates (subject to hydrolysis) is 1. The third-order valence-electron chi connectivity index (χ3n) is 7.14. The molecule has 3 aromatic rings. The van der Waals surface area contributed by atoms with Crippen LogP contribution in [0.3, 0.4) is 0 Å². The third kappa shape index (κ3) is 6.65. The Morgan fingerprint density at radius 1 is 1.02 bits per heavy atom. The molecule has 12 heteroatoms. The molecule has 3 amide bonds. The number of esters is 1. The highest BCUT2D eigenvalue weighted by Gasteiger charge is 2.55. The van der Waals surface area contributed by atoms with Crippen LogP contribution in [0.15, 0.2) is 84.2 Å². The van der Waals surface area contributed by atoms with E-state index in [0.29, 0.717) is 17.1 Å². The van der Waals surface area contributed by atoms with Crippen molar-refractivity contribution in [3.8, 4) is 0 Å². The molecular formula is C32H36N5O6S+. The van der Waals surface area contributed by atoms with Crippen molar-refractivity contribution in [1.29, 1.82) is 0 Å². The van der Waals surface area contributed by atoms with Gasteiger partial charge in [0.05, 0.1) is 13.1 Å². The number of nitrogens with zero attached hydrogens (tertiary/aromatic N) is 3. The Bertz CT molecular complexity index is 1560. The summed E-state index contributed by atoms with van der Waals surface area (Å²) in [5.41, 5.74) is 1.65. The number of carbonyl (C=O) groups excluding carboxylic acids is 4. The Labute approximate surface area is 260 Å². The summed E-state index contributed by atoms with van der Waals surface area (Å²) < 4.78 is 15.2. The number of hydrogen-bond donors (Lipinski definition) is 2. The first-order valence-corrected chi connectivity index (χ1v) is 15.3. The van der Waals surface area contributed by atoms with E-state index in [-0.39, 0.29) is 18.1 Å². The molecule has 230 valence electrons. The quantitative estimate of drug-likeness (QED) is 0.224. The van der Waals surface area contributed by atoms with Gasteiger partial charge in [0.2, 0.25) is 5.91 Å². The lowest BCUT2D eigenvalue weighted by atomic mass is 10.0. The summed E-state index contributed by atoms with van der Waals surface area (Å²) in [6, 6.07) is 19.7. The Morgan fingerprint density at radius 3 is 2.20 bits per heavy atom. The highest BCUT2D eigenvalue weighted by molar-refractivity contribution is 8.00. The van der Waals surface area contributed by atoms with E-state index in [9.17, 15) is 19.2 Å². The molecule has 2 N–H and O–H groups in total. The molecule has 2 atom stereocenters. The SMILES string of the molecule is CC(=O)Nc1cc[n+](CC2=C(C(=O)OC(c3ccccc3)c3ccccc3)N3C(=O)[C@@H](NC(=O)OC(C)(C)C)[C@H]3SC2)n1C. The van der Waals surface area contributed by atoms with Crippen LogP contribution < -0.4 is 15.3 Å². The van der Waals surface area contributed by atoms with Gasteiger partial charge < -0.3 is 20.1 Å². The van der Waals surface area contributed by atoms with Gasteiger partial charge >= 0.3 is 12.1 Å². The minimum Gasteiger partial charge on any atom is -0.448 e. The minimum absolute atomic E-state index is 0.146. The van der Waals surface area contributed by atoms with Crippen LogP contribution in [0.25, 0.3) is 0 Å². The maximum Gasteiger partial charge on any atom is 0.408 e. The van der Waals surface area contributed by atoms with Crippen molar-refractivity contribution in [1.82, 2.24) is 14.9 Å². The van der Waals surface area contributed by atoms with Crippen molar-refractivity contribution in [2.45, 2.75) is 57.4 Å². The van der Waals surface area contributed by atoms with Crippen LogP contribution in [0, 0.1) is 0 Å². The predicted octanol–water partition coefficient (Wildman–Crippen LogP) is 3.67. The van der Waals surface area contributed by atoms with Crippen LogP contribution in [-0.2, 0) is 37.4 Å². The first-order chi connectivity index (χ1) is 20.9. The molecule has 1 saturated heterocycles. The van der Waals surface area contributed by atoms with E-state index in [1.807, 2.05) is 65.3 Å². The molecule has 1 aromatic heterocycles. The minimum atomic E-state index is -0.854. The number of hydrogen-bond acceptors (Lipinski definition) is 7. The summed E-state index contributed by atoms with van der Waals surface area (Å²) in [7, 11) is 1.79. The summed E-state index contributed by atoms with van der Waals surface area (Å²) in [4.78, 5) is 53.3. The molecule has 0 spiro atoms. The zero-order valence-electron chi connectivity index (χ0n) is 25.3. The number of fused-ring (bicyclic) bond motifs is 1. The molecule has 44 heavy (non-hydrogen) atoms. The lowest BCUT2D eigenvalue weighted by Gasteiger charge is -2.49. The number of β-lactam (4-membered cyclic amide) rings is 1. The van der Waals surface area contributed by atoms with Crippen molar-refractivity contribution in [2.75, 3.05) is 11.1 Å². The molecule has 0 radical (unpaired) electrons. The molecule has 2 aliphatic heterocycles. The first kappa shape index (κ1) is 30.9. The zero-order valence-corrected chi connectivity index (χ0v) is 26.1. The summed E-state index contributed by atoms with van der Waals surface area (Å²) in [6.07, 6.45) is 0.375. The maximum absolute atomic E-state index is 14.2. The lowest BCUT2D eigenvalue weighted by Crippen LogP contribution is -2.71. The van der Waals surface area contributed by atoms with Crippen LogP contribution in [0.4, 0.5) is 10.6 Å². The van der Waals surface area contributed by atoms with Gasteiger partial charge in [-0.25, -0.2) is 9.59 Å². The molecule has 0 bridgehead atoms. The first-order valence-electron chi connectivity index (χ1n) is 14.2. The standard InChI is InChI=1S/C32H35N5O6S/c1-20(38)33-24-16-17-36(35(24)5)18-23-19-44-29-25(34-31(41)43-32(2,3)4)28(39)37(29)26(23)30(40)42-27(21-12-8-6-9-13-21)22-14-10-7-11-15-22/h6-17,25,27,29H,18-19H2,1-5H3,(H,34,41)/p+1/t25-,29-/m1/s1. The molecule has 0 unspecified atom stereocenters. The fourth-order valence-corrected chi connectivity index (χ4v) is 6.47. The molecule has 11 nitrogen and oxygen atoms in total. The van der Waals surface area contributed by atoms with E-state index < -0.39 is 41.1 Å². The van der Waals surface area contributed by atoms with Crippen molar-refractivity contribution in [3.05, 3.63) is 95.3 Å². The van der Waals surface area contributed by atoms with Crippen molar-refractivity contribution in [3.63, 3.8) is 0 Å². The van der Waals surface area contributed by atoms with Crippen LogP contribution in [-0.4, -0.2) is 56.2 Å². The van der Waals surface area contributed by atoms with Crippen molar-refractivity contribution >= 4 is 41.5 Å². The molecule has 0 saturated carbocycles. The van der Waals surface area contributed by atoms with Crippen LogP contribution in [0.1, 0.15) is 44.9 Å². The zero-order chi connectivity index (χ0) is 31.6. The molecule has 3 heterocycles. The number of anilines is 1. The van der Waals surface area contributed by atoms with E-state index in [2.05, 4.69) is 10.6 Å². The van der Waals surface area contributed by atoms with Gasteiger partial charge in [-0.15, -0.1) is 21.1 Å². The lowest BCUT2D eigenvalue weighted by molar-refractivity contribution is -0.765. The Hall–Kier alpha value is -4.58. The Balaban J connectivity index is 1.49. The Morgan fingerprint density at radius 2 is 1.64 bits per heavy atom. The van der Waals surface area contributed by atoms with E-state index in [4.69, 9.17) is 9.47 Å². The second-order valence-electron chi connectivity index (χ2n) is 11.6. The normalized spacial score (nSPS) is 18.0. The predicted molar refractivity (Wildman–Crippen MR) is 164 cm³/mol. The molecule has 2 aromatic carbocycles. The fraction of sp³-hybridized carbons (Fsp3) is 0.344. The largest absolute Gasteiger partial charge is 0.448 e. The van der Waals surface area contributed by atoms with Gasteiger partial charge in [0, 0.05) is 18.2 Å². The number of benzene rings is 2. The second-order valence-corrected chi connectivity index (χ2v) is 12.7. The van der Waals surface area contributed by atoms with Crippen LogP contribution in [0.5, 0.6) is 0 Å². The highest BCUT2D eigenvalue weighted by atomic mass is 32.2. The average molecular weight is 619 g/mol. The third-order valence-corrected chi connectivity index (χ3v) is 8.48. The number of aromatic nitrogens is 2. The number of thioether (sulfide) groups is 1.